The fourth-order valence-corrected chi connectivity index (χ4v) is 2.69. The number of amides is 4. The van der Waals surface area contributed by atoms with Crippen molar-refractivity contribution in [2.45, 2.75) is 38.8 Å². The summed E-state index contributed by atoms with van der Waals surface area (Å²) in [5.41, 5.74) is -1.01. The van der Waals surface area contributed by atoms with Crippen LogP contribution in [0.4, 0.5) is 10.6 Å². The number of hydrogen-bond acceptors (Lipinski definition) is 6. The lowest BCUT2D eigenvalue weighted by molar-refractivity contribution is -0.153. The van der Waals surface area contributed by atoms with Crippen molar-refractivity contribution in [1.82, 2.24) is 15.2 Å². The Labute approximate surface area is 165 Å². The molecule has 1 fully saturated rings. The second-order valence-corrected chi connectivity index (χ2v) is 7.21. The number of imide groups is 1. The lowest BCUT2D eigenvalue weighted by Crippen LogP contribution is -2.40. The van der Waals surface area contributed by atoms with Gasteiger partial charge in [-0.25, -0.2) is 9.78 Å². The van der Waals surface area contributed by atoms with Crippen LogP contribution in [0.1, 0.15) is 27.2 Å². The van der Waals surface area contributed by atoms with Crippen LogP contribution in [0.25, 0.3) is 0 Å². The van der Waals surface area contributed by atoms with Crippen LogP contribution in [0.15, 0.2) is 12.3 Å². The quantitative estimate of drug-likeness (QED) is 0.540. The Bertz CT molecular complexity index is 799. The van der Waals surface area contributed by atoms with Gasteiger partial charge in [-0.15, -0.1) is 0 Å². The molecule has 2 heterocycles. The highest BCUT2D eigenvalue weighted by Gasteiger charge is 2.44. The van der Waals surface area contributed by atoms with Gasteiger partial charge in [0.05, 0.1) is 16.5 Å². The maximum absolute atomic E-state index is 12.1. The Morgan fingerprint density at radius 2 is 2.04 bits per heavy atom. The molecule has 1 saturated heterocycles. The number of carbonyl (C=O) groups is 4. The molecule has 0 unspecified atom stereocenters. The van der Waals surface area contributed by atoms with Crippen molar-refractivity contribution in [1.29, 1.82) is 0 Å². The highest BCUT2D eigenvalue weighted by atomic mass is 35.5. The van der Waals surface area contributed by atoms with Gasteiger partial charge in [0.25, 0.3) is 11.8 Å². The van der Waals surface area contributed by atoms with Crippen LogP contribution in [0.3, 0.4) is 0 Å². The SMILES string of the molecule is C[C@@H](OC(=O)CCN1C(=O)NC(C)(C)C1=O)C(=O)Nc1ncc(Cl)cc1Cl. The molecule has 9 nitrogen and oxygen atoms in total. The normalized spacial score (nSPS) is 16.7. The average Bonchev–Trinajstić information content (AvgIpc) is 2.75. The Morgan fingerprint density at radius 1 is 1.37 bits per heavy atom. The van der Waals surface area contributed by atoms with E-state index in [2.05, 4.69) is 15.6 Å². The molecular weight excluding hydrogens is 399 g/mol. The Balaban J connectivity index is 1.85. The smallest absolute Gasteiger partial charge is 0.325 e. The first-order valence-electron chi connectivity index (χ1n) is 7.97. The first-order chi connectivity index (χ1) is 12.5. The number of halogens is 2. The Morgan fingerprint density at radius 3 is 2.59 bits per heavy atom. The van der Waals surface area contributed by atoms with Gasteiger partial charge in [-0.3, -0.25) is 19.3 Å². The minimum atomic E-state index is -1.13. The summed E-state index contributed by atoms with van der Waals surface area (Å²) in [4.78, 5) is 52.6. The van der Waals surface area contributed by atoms with E-state index in [1.54, 1.807) is 13.8 Å². The number of urea groups is 1. The second kappa shape index (κ2) is 8.10. The molecule has 146 valence electrons. The lowest BCUT2D eigenvalue weighted by Gasteiger charge is -2.17. The molecule has 1 aromatic heterocycles. The van der Waals surface area contributed by atoms with Crippen LogP contribution < -0.4 is 10.6 Å². The maximum Gasteiger partial charge on any atom is 0.325 e. The Hall–Kier alpha value is -2.39. The minimum Gasteiger partial charge on any atom is -0.452 e. The summed E-state index contributed by atoms with van der Waals surface area (Å²) in [5, 5.41) is 5.36. The van der Waals surface area contributed by atoms with Gasteiger partial charge in [0.1, 0.15) is 5.54 Å². The van der Waals surface area contributed by atoms with Crippen molar-refractivity contribution in [3.05, 3.63) is 22.3 Å². The summed E-state index contributed by atoms with van der Waals surface area (Å²) in [6, 6.07) is 0.828. The van der Waals surface area contributed by atoms with E-state index >= 15 is 0 Å². The van der Waals surface area contributed by atoms with Gasteiger partial charge in [-0.05, 0) is 26.8 Å². The van der Waals surface area contributed by atoms with E-state index in [1.807, 2.05) is 0 Å². The summed E-state index contributed by atoms with van der Waals surface area (Å²) in [6.45, 7) is 4.35. The first kappa shape index (κ1) is 20.9. The van der Waals surface area contributed by atoms with E-state index in [1.165, 1.54) is 19.2 Å². The Kier molecular flexibility index (Phi) is 6.27. The van der Waals surface area contributed by atoms with Crippen molar-refractivity contribution < 1.29 is 23.9 Å². The number of aromatic nitrogens is 1. The molecule has 0 aliphatic carbocycles. The van der Waals surface area contributed by atoms with Gasteiger partial charge in [0.15, 0.2) is 11.9 Å². The standard InChI is InChI=1S/C16H18Cl2N4O5/c1-8(13(24)20-12-10(18)6-9(17)7-19-12)27-11(23)4-5-22-14(25)16(2,3)21-15(22)26/h6-8H,4-5H2,1-3H3,(H,21,26)(H,19,20,24)/t8-/m1/s1. The van der Waals surface area contributed by atoms with Crippen molar-refractivity contribution in [2.75, 3.05) is 11.9 Å². The fraction of sp³-hybridized carbons (Fsp3) is 0.438. The van der Waals surface area contributed by atoms with Gasteiger partial charge >= 0.3 is 12.0 Å². The first-order valence-corrected chi connectivity index (χ1v) is 8.72. The molecule has 1 aromatic rings. The summed E-state index contributed by atoms with van der Waals surface area (Å²) < 4.78 is 5.01. The average molecular weight is 417 g/mol. The summed E-state index contributed by atoms with van der Waals surface area (Å²) in [7, 11) is 0. The van der Waals surface area contributed by atoms with Crippen molar-refractivity contribution in [2.24, 2.45) is 0 Å². The maximum atomic E-state index is 12.1. The second-order valence-electron chi connectivity index (χ2n) is 6.37. The van der Waals surface area contributed by atoms with Gasteiger partial charge < -0.3 is 15.4 Å². The third-order valence-corrected chi connectivity index (χ3v) is 4.21. The van der Waals surface area contributed by atoms with Crippen molar-refractivity contribution in [3.63, 3.8) is 0 Å². The number of nitrogens with zero attached hydrogens (tertiary/aromatic N) is 2. The van der Waals surface area contributed by atoms with E-state index in [4.69, 9.17) is 27.9 Å². The topological polar surface area (TPSA) is 118 Å². The molecule has 1 atom stereocenters. The molecule has 1 aliphatic rings. The van der Waals surface area contributed by atoms with Gasteiger partial charge in [0.2, 0.25) is 0 Å². The van der Waals surface area contributed by atoms with Crippen LogP contribution in [0.5, 0.6) is 0 Å². The summed E-state index contributed by atoms with van der Waals surface area (Å²) in [5.74, 6) is -1.74. The zero-order valence-electron chi connectivity index (χ0n) is 14.8. The van der Waals surface area contributed by atoms with E-state index in [9.17, 15) is 19.2 Å². The number of hydrogen-bond donors (Lipinski definition) is 2. The minimum absolute atomic E-state index is 0.0792. The van der Waals surface area contributed by atoms with Crippen molar-refractivity contribution in [3.8, 4) is 0 Å². The van der Waals surface area contributed by atoms with E-state index in [0.717, 1.165) is 4.90 Å². The number of nitrogens with one attached hydrogen (secondary N) is 2. The molecule has 2 N–H and O–H groups in total. The molecule has 1 aliphatic heterocycles. The van der Waals surface area contributed by atoms with E-state index < -0.39 is 35.5 Å². The molecule has 27 heavy (non-hydrogen) atoms. The number of carbonyl (C=O) groups excluding carboxylic acids is 4. The summed E-state index contributed by atoms with van der Waals surface area (Å²) in [6.07, 6.45) is -0.0721. The number of pyridine rings is 1. The van der Waals surface area contributed by atoms with Gasteiger partial charge in [-0.2, -0.15) is 0 Å². The molecule has 4 amide bonds. The van der Waals surface area contributed by atoms with Crippen LogP contribution in [-0.2, 0) is 19.1 Å². The molecule has 0 aromatic carbocycles. The van der Waals surface area contributed by atoms with E-state index in [0.29, 0.717) is 5.02 Å². The third-order valence-electron chi connectivity index (χ3n) is 3.71. The lowest BCUT2D eigenvalue weighted by atomic mass is 10.1. The monoisotopic (exact) mass is 416 g/mol. The zero-order valence-corrected chi connectivity index (χ0v) is 16.3. The van der Waals surface area contributed by atoms with Crippen LogP contribution in [0.2, 0.25) is 10.0 Å². The number of esters is 1. The van der Waals surface area contributed by atoms with Crippen LogP contribution in [-0.4, -0.2) is 51.9 Å². The molecule has 2 rings (SSSR count). The predicted octanol–water partition coefficient (Wildman–Crippen LogP) is 1.98. The third kappa shape index (κ3) is 5.08. The highest BCUT2D eigenvalue weighted by Crippen LogP contribution is 2.22. The highest BCUT2D eigenvalue weighted by molar-refractivity contribution is 6.36. The molecule has 0 spiro atoms. The van der Waals surface area contributed by atoms with Crippen molar-refractivity contribution >= 4 is 52.8 Å². The number of rotatable bonds is 6. The molecule has 0 bridgehead atoms. The van der Waals surface area contributed by atoms with Crippen LogP contribution >= 0.6 is 23.2 Å². The van der Waals surface area contributed by atoms with Gasteiger partial charge in [0, 0.05) is 12.7 Å². The molecule has 11 heteroatoms. The summed E-state index contributed by atoms with van der Waals surface area (Å²) >= 11 is 11.6. The number of ether oxygens (including phenoxy) is 1. The zero-order chi connectivity index (χ0) is 20.4. The molecule has 0 radical (unpaired) electrons. The van der Waals surface area contributed by atoms with E-state index in [-0.39, 0.29) is 23.8 Å². The molecular formula is C16H18Cl2N4O5. The number of anilines is 1. The largest absolute Gasteiger partial charge is 0.452 e. The molecule has 0 saturated carbocycles. The fourth-order valence-electron chi connectivity index (χ4n) is 2.26. The van der Waals surface area contributed by atoms with Crippen LogP contribution in [0, 0.1) is 0 Å². The predicted molar refractivity (Wildman–Crippen MR) is 97.4 cm³/mol. The van der Waals surface area contributed by atoms with Gasteiger partial charge in [-0.1, -0.05) is 23.2 Å².